The Bertz CT molecular complexity index is 421. The van der Waals surface area contributed by atoms with Crippen molar-refractivity contribution in [2.24, 2.45) is 5.73 Å². The Morgan fingerprint density at radius 3 is 3.00 bits per heavy atom. The van der Waals surface area contributed by atoms with Crippen molar-refractivity contribution in [2.45, 2.75) is 50.7 Å². The third kappa shape index (κ3) is 3.22. The molecule has 1 saturated heterocycles. The zero-order valence-corrected chi connectivity index (χ0v) is 13.2. The molecule has 4 nitrogen and oxygen atoms in total. The normalized spacial score (nSPS) is 23.2. The van der Waals surface area contributed by atoms with Crippen LogP contribution in [0.1, 0.15) is 44.2 Å². The highest BCUT2D eigenvalue weighted by Gasteiger charge is 2.36. The largest absolute Gasteiger partial charge is 0.358 e. The maximum absolute atomic E-state index is 12.2. The number of piperidine rings is 1. The van der Waals surface area contributed by atoms with E-state index in [0.717, 1.165) is 32.2 Å². The van der Waals surface area contributed by atoms with Crippen molar-refractivity contribution in [3.05, 3.63) is 22.4 Å². The quantitative estimate of drug-likeness (QED) is 0.875. The Morgan fingerprint density at radius 2 is 2.40 bits per heavy atom. The van der Waals surface area contributed by atoms with Crippen molar-refractivity contribution in [1.29, 1.82) is 0 Å². The minimum Gasteiger partial charge on any atom is -0.358 e. The number of nitrogens with zero attached hydrogens (tertiary/aromatic N) is 1. The van der Waals surface area contributed by atoms with Gasteiger partial charge in [0.05, 0.1) is 12.1 Å². The molecule has 3 unspecified atom stereocenters. The molecule has 1 aliphatic rings. The summed E-state index contributed by atoms with van der Waals surface area (Å²) in [6.07, 6.45) is 4.10. The van der Waals surface area contributed by atoms with Gasteiger partial charge in [0.25, 0.3) is 0 Å². The molecule has 2 rings (SSSR count). The van der Waals surface area contributed by atoms with Crippen LogP contribution < -0.4 is 11.1 Å². The fraction of sp³-hybridized carbons (Fsp3) is 0.667. The molecule has 20 heavy (non-hydrogen) atoms. The van der Waals surface area contributed by atoms with Gasteiger partial charge in [0.2, 0.25) is 5.91 Å². The third-order valence-electron chi connectivity index (χ3n) is 4.21. The van der Waals surface area contributed by atoms with Gasteiger partial charge >= 0.3 is 0 Å². The first-order valence-electron chi connectivity index (χ1n) is 7.44. The lowest BCUT2D eigenvalue weighted by Crippen LogP contribution is -2.53. The van der Waals surface area contributed by atoms with Gasteiger partial charge in [0.1, 0.15) is 0 Å². The zero-order chi connectivity index (χ0) is 14.5. The van der Waals surface area contributed by atoms with Crippen LogP contribution in [-0.2, 0) is 4.79 Å². The Labute approximate surface area is 125 Å². The number of carbonyl (C=O) groups is 1. The third-order valence-corrected chi connectivity index (χ3v) is 4.91. The maximum atomic E-state index is 12.2. The monoisotopic (exact) mass is 295 g/mol. The number of thiophene rings is 1. The summed E-state index contributed by atoms with van der Waals surface area (Å²) in [5.41, 5.74) is 7.62. The van der Waals surface area contributed by atoms with Crippen molar-refractivity contribution >= 4 is 17.2 Å². The van der Waals surface area contributed by atoms with Crippen LogP contribution in [0.2, 0.25) is 0 Å². The fourth-order valence-electron chi connectivity index (χ4n) is 3.09. The predicted octanol–water partition coefficient (Wildman–Crippen LogP) is 2.13. The topological polar surface area (TPSA) is 58.4 Å². The minimum absolute atomic E-state index is 0.0451. The highest BCUT2D eigenvalue weighted by Crippen LogP contribution is 2.32. The molecule has 5 heteroatoms. The average molecular weight is 295 g/mol. The van der Waals surface area contributed by atoms with Crippen molar-refractivity contribution in [3.8, 4) is 0 Å². The van der Waals surface area contributed by atoms with Gasteiger partial charge in [0, 0.05) is 13.1 Å². The SMILES string of the molecule is CCC(N)C(c1ccsc1)N1CCCCC1C(=O)NC. The van der Waals surface area contributed by atoms with E-state index in [0.29, 0.717) is 0 Å². The molecule has 0 bridgehead atoms. The minimum atomic E-state index is -0.0451. The Morgan fingerprint density at radius 1 is 1.60 bits per heavy atom. The number of carbonyl (C=O) groups excluding carboxylic acids is 1. The highest BCUT2D eigenvalue weighted by molar-refractivity contribution is 7.07. The summed E-state index contributed by atoms with van der Waals surface area (Å²) < 4.78 is 0. The first kappa shape index (κ1) is 15.5. The van der Waals surface area contributed by atoms with E-state index in [4.69, 9.17) is 5.73 Å². The van der Waals surface area contributed by atoms with Gasteiger partial charge in [-0.1, -0.05) is 13.3 Å². The zero-order valence-electron chi connectivity index (χ0n) is 12.3. The van der Waals surface area contributed by atoms with E-state index in [-0.39, 0.29) is 24.0 Å². The number of hydrogen-bond donors (Lipinski definition) is 2. The van der Waals surface area contributed by atoms with Crippen LogP contribution in [0, 0.1) is 0 Å². The summed E-state index contributed by atoms with van der Waals surface area (Å²) in [5, 5.41) is 7.05. The van der Waals surface area contributed by atoms with Crippen molar-refractivity contribution in [1.82, 2.24) is 10.2 Å². The van der Waals surface area contributed by atoms with Gasteiger partial charge in [-0.25, -0.2) is 0 Å². The summed E-state index contributed by atoms with van der Waals surface area (Å²) in [4.78, 5) is 14.5. The number of likely N-dealkylation sites (N-methyl/N-ethyl adjacent to an activating group) is 1. The second-order valence-electron chi connectivity index (χ2n) is 5.44. The molecule has 1 aliphatic heterocycles. The number of nitrogens with two attached hydrogens (primary N) is 1. The van der Waals surface area contributed by atoms with Crippen LogP contribution in [0.3, 0.4) is 0 Å². The molecule has 0 saturated carbocycles. The summed E-state index contributed by atoms with van der Waals surface area (Å²) in [6, 6.07) is 2.31. The predicted molar refractivity (Wildman–Crippen MR) is 83.7 cm³/mol. The first-order chi connectivity index (χ1) is 9.69. The first-order valence-corrected chi connectivity index (χ1v) is 8.38. The van der Waals surface area contributed by atoms with E-state index in [2.05, 4.69) is 34.0 Å². The maximum Gasteiger partial charge on any atom is 0.237 e. The molecule has 1 aromatic heterocycles. The van der Waals surface area contributed by atoms with E-state index in [9.17, 15) is 4.79 Å². The fourth-order valence-corrected chi connectivity index (χ4v) is 3.78. The number of amides is 1. The highest BCUT2D eigenvalue weighted by atomic mass is 32.1. The second-order valence-corrected chi connectivity index (χ2v) is 6.22. The molecule has 0 radical (unpaired) electrons. The summed E-state index contributed by atoms with van der Waals surface area (Å²) in [6.45, 7) is 3.06. The lowest BCUT2D eigenvalue weighted by molar-refractivity contribution is -0.128. The molecule has 0 spiro atoms. The summed E-state index contributed by atoms with van der Waals surface area (Å²) >= 11 is 1.69. The van der Waals surface area contributed by atoms with Crippen molar-refractivity contribution < 1.29 is 4.79 Å². The Balaban J connectivity index is 2.28. The lowest BCUT2D eigenvalue weighted by atomic mass is 9.92. The molecule has 3 atom stereocenters. The van der Waals surface area contributed by atoms with Crippen LogP contribution in [0.5, 0.6) is 0 Å². The lowest BCUT2D eigenvalue weighted by Gasteiger charge is -2.42. The summed E-state index contributed by atoms with van der Waals surface area (Å²) in [7, 11) is 1.72. The van der Waals surface area contributed by atoms with E-state index in [1.54, 1.807) is 18.4 Å². The van der Waals surface area contributed by atoms with Gasteiger partial charge in [-0.2, -0.15) is 11.3 Å². The molecule has 0 aromatic carbocycles. The standard InChI is InChI=1S/C15H25N3OS/c1-3-12(16)14(11-7-9-20-10-11)18-8-5-4-6-13(18)15(19)17-2/h7,9-10,12-14H,3-6,8,16H2,1-2H3,(H,17,19). The number of nitrogens with one attached hydrogen (secondary N) is 1. The van der Waals surface area contributed by atoms with Gasteiger partial charge in [-0.3, -0.25) is 9.69 Å². The number of likely N-dealkylation sites (tertiary alicyclic amines) is 1. The van der Waals surface area contributed by atoms with Crippen LogP contribution in [-0.4, -0.2) is 36.5 Å². The van der Waals surface area contributed by atoms with Crippen molar-refractivity contribution in [2.75, 3.05) is 13.6 Å². The van der Waals surface area contributed by atoms with Gasteiger partial charge in [-0.05, 0) is 48.2 Å². The number of rotatable bonds is 5. The molecule has 1 aromatic rings. The van der Waals surface area contributed by atoms with Gasteiger partial charge in [-0.15, -0.1) is 0 Å². The second kappa shape index (κ2) is 7.20. The van der Waals surface area contributed by atoms with E-state index < -0.39 is 0 Å². The number of hydrogen-bond acceptors (Lipinski definition) is 4. The van der Waals surface area contributed by atoms with Gasteiger partial charge in [0.15, 0.2) is 0 Å². The Kier molecular flexibility index (Phi) is 5.57. The van der Waals surface area contributed by atoms with E-state index in [1.807, 2.05) is 0 Å². The van der Waals surface area contributed by atoms with Crippen LogP contribution >= 0.6 is 11.3 Å². The molecule has 3 N–H and O–H groups in total. The molecule has 1 amide bonds. The van der Waals surface area contributed by atoms with E-state index >= 15 is 0 Å². The molecule has 1 fully saturated rings. The van der Waals surface area contributed by atoms with Crippen LogP contribution in [0.25, 0.3) is 0 Å². The van der Waals surface area contributed by atoms with Crippen LogP contribution in [0.15, 0.2) is 16.8 Å². The Hall–Kier alpha value is -0.910. The average Bonchev–Trinajstić information content (AvgIpc) is 3.01. The summed E-state index contributed by atoms with van der Waals surface area (Å²) in [5.74, 6) is 0.119. The van der Waals surface area contributed by atoms with E-state index in [1.165, 1.54) is 5.56 Å². The molecule has 0 aliphatic carbocycles. The van der Waals surface area contributed by atoms with Gasteiger partial charge < -0.3 is 11.1 Å². The van der Waals surface area contributed by atoms with Crippen molar-refractivity contribution in [3.63, 3.8) is 0 Å². The molecule has 112 valence electrons. The van der Waals surface area contributed by atoms with Crippen LogP contribution in [0.4, 0.5) is 0 Å². The molecular weight excluding hydrogens is 270 g/mol. The molecular formula is C15H25N3OS. The molecule has 2 heterocycles. The smallest absolute Gasteiger partial charge is 0.237 e.